The van der Waals surface area contributed by atoms with Gasteiger partial charge in [0.2, 0.25) is 0 Å². The van der Waals surface area contributed by atoms with Crippen molar-refractivity contribution in [3.05, 3.63) is 53.9 Å². The number of hydrogen-bond acceptors (Lipinski definition) is 6. The first-order valence-corrected chi connectivity index (χ1v) is 11.2. The molecular formula is C23H19F4N7O2. The lowest BCUT2D eigenvalue weighted by Gasteiger charge is -2.15. The van der Waals surface area contributed by atoms with Crippen LogP contribution in [0.2, 0.25) is 0 Å². The van der Waals surface area contributed by atoms with E-state index in [9.17, 15) is 22.4 Å². The number of carbonyl (C=O) groups is 1. The van der Waals surface area contributed by atoms with Crippen LogP contribution in [0, 0.1) is 5.82 Å². The van der Waals surface area contributed by atoms with Gasteiger partial charge in [-0.25, -0.2) is 18.7 Å². The topological polar surface area (TPSA) is 123 Å². The molecule has 0 aliphatic heterocycles. The minimum atomic E-state index is -4.47. The summed E-state index contributed by atoms with van der Waals surface area (Å²) in [5.74, 6) is -0.675. The average Bonchev–Trinajstić information content (AvgIpc) is 3.74. The molecule has 4 aromatic rings. The number of urea groups is 1. The lowest BCUT2D eigenvalue weighted by molar-refractivity contribution is -0.165. The number of nitrogens with one attached hydrogen (secondary N) is 2. The first-order valence-electron chi connectivity index (χ1n) is 11.2. The quantitative estimate of drug-likeness (QED) is 0.322. The first kappa shape index (κ1) is 22.3. The zero-order valence-electron chi connectivity index (χ0n) is 18.6. The molecule has 3 aromatic heterocycles. The smallest absolute Gasteiger partial charge is 0.382 e. The Kier molecular flexibility index (Phi) is 4.75. The van der Waals surface area contributed by atoms with E-state index < -0.39 is 23.4 Å². The molecule has 2 amide bonds. The van der Waals surface area contributed by atoms with Crippen LogP contribution in [0.5, 0.6) is 0 Å². The van der Waals surface area contributed by atoms with E-state index in [4.69, 9.17) is 10.3 Å². The Bertz CT molecular complexity index is 1500. The van der Waals surface area contributed by atoms with Crippen molar-refractivity contribution in [1.29, 1.82) is 0 Å². The zero-order valence-corrected chi connectivity index (χ0v) is 18.6. The molecule has 0 spiro atoms. The summed E-state index contributed by atoms with van der Waals surface area (Å²) in [6, 6.07) is 6.31. The number of nitrogens with zero attached hydrogens (tertiary/aromatic N) is 4. The predicted molar refractivity (Wildman–Crippen MR) is 121 cm³/mol. The van der Waals surface area contributed by atoms with Gasteiger partial charge in [-0.2, -0.15) is 18.3 Å². The number of nitrogens with two attached hydrogens (primary N) is 1. The molecule has 13 heteroatoms. The molecule has 0 saturated heterocycles. The van der Waals surface area contributed by atoms with Crippen molar-refractivity contribution in [2.45, 2.75) is 43.2 Å². The van der Waals surface area contributed by atoms with E-state index in [2.05, 4.69) is 25.9 Å². The monoisotopic (exact) mass is 501 g/mol. The third-order valence-electron chi connectivity index (χ3n) is 6.65. The van der Waals surface area contributed by atoms with Crippen molar-refractivity contribution in [3.63, 3.8) is 0 Å². The number of amides is 2. The van der Waals surface area contributed by atoms with Gasteiger partial charge in [-0.1, -0.05) is 11.2 Å². The Balaban J connectivity index is 1.21. The molecule has 2 fully saturated rings. The van der Waals surface area contributed by atoms with Crippen LogP contribution in [0.15, 0.2) is 41.2 Å². The summed E-state index contributed by atoms with van der Waals surface area (Å²) in [6.45, 7) is 0. The van der Waals surface area contributed by atoms with Crippen LogP contribution in [-0.2, 0) is 5.41 Å². The van der Waals surface area contributed by atoms with E-state index in [0.717, 1.165) is 24.6 Å². The number of alkyl halides is 3. The van der Waals surface area contributed by atoms with Crippen LogP contribution >= 0.6 is 0 Å². The minimum Gasteiger partial charge on any atom is -0.382 e. The molecule has 0 radical (unpaired) electrons. The molecule has 6 rings (SSSR count). The highest BCUT2D eigenvalue weighted by Crippen LogP contribution is 2.59. The molecule has 186 valence electrons. The van der Waals surface area contributed by atoms with Gasteiger partial charge in [0, 0.05) is 23.2 Å². The Morgan fingerprint density at radius 1 is 1.17 bits per heavy atom. The van der Waals surface area contributed by atoms with E-state index in [-0.39, 0.29) is 35.9 Å². The van der Waals surface area contributed by atoms with Crippen LogP contribution in [0.3, 0.4) is 0 Å². The highest BCUT2D eigenvalue weighted by molar-refractivity contribution is 5.99. The van der Waals surface area contributed by atoms with Crippen LogP contribution in [0.1, 0.15) is 43.1 Å². The number of aromatic nitrogens is 4. The summed E-state index contributed by atoms with van der Waals surface area (Å²) in [5.41, 5.74) is 6.62. The molecule has 2 aliphatic carbocycles. The normalized spacial score (nSPS) is 16.8. The highest BCUT2D eigenvalue weighted by Gasteiger charge is 2.66. The highest BCUT2D eigenvalue weighted by atomic mass is 19.4. The number of hydrogen-bond donors (Lipinski definition) is 3. The third kappa shape index (κ3) is 3.62. The fourth-order valence-electron chi connectivity index (χ4n) is 4.39. The minimum absolute atomic E-state index is 0.105. The van der Waals surface area contributed by atoms with Gasteiger partial charge >= 0.3 is 12.2 Å². The standard InChI is InChI=1S/C23H19F4N7O2/c24-14-7-12(13-8-16(11-1-2-11)34-19(13)20(28)29-10-30-34)3-4-15(14)31-21(35)32-18-9-17(36-33-18)22(5-6-22)23(25,26)27/h3-4,7-11H,1-2,5-6H2,(H2,28,29,30)(H2,31,32,33,35). The third-order valence-corrected chi connectivity index (χ3v) is 6.65. The maximum Gasteiger partial charge on any atom is 0.401 e. The Hall–Kier alpha value is -4.16. The number of fused-ring (bicyclic) bond motifs is 1. The number of halogens is 4. The van der Waals surface area contributed by atoms with Crippen molar-refractivity contribution in [2.75, 3.05) is 16.4 Å². The maximum atomic E-state index is 14.9. The second-order valence-electron chi connectivity index (χ2n) is 9.09. The summed E-state index contributed by atoms with van der Waals surface area (Å²) in [6.07, 6.45) is -1.25. The summed E-state index contributed by atoms with van der Waals surface area (Å²) in [5, 5.41) is 12.4. The van der Waals surface area contributed by atoms with Gasteiger partial charge in [0.05, 0.1) is 5.69 Å². The maximum absolute atomic E-state index is 14.9. The lowest BCUT2D eigenvalue weighted by atomic mass is 10.0. The molecule has 3 heterocycles. The van der Waals surface area contributed by atoms with E-state index >= 15 is 0 Å². The van der Waals surface area contributed by atoms with Gasteiger partial charge in [-0.15, -0.1) is 0 Å². The van der Waals surface area contributed by atoms with Gasteiger partial charge < -0.3 is 15.6 Å². The van der Waals surface area contributed by atoms with Crippen molar-refractivity contribution < 1.29 is 26.9 Å². The zero-order chi connectivity index (χ0) is 25.2. The van der Waals surface area contributed by atoms with E-state index in [1.165, 1.54) is 18.5 Å². The fraction of sp³-hybridized carbons (Fsp3) is 0.304. The summed E-state index contributed by atoms with van der Waals surface area (Å²) in [4.78, 5) is 16.4. The second-order valence-corrected chi connectivity index (χ2v) is 9.09. The van der Waals surface area contributed by atoms with Crippen LogP contribution in [-0.4, -0.2) is 32.0 Å². The molecule has 36 heavy (non-hydrogen) atoms. The second kappa shape index (κ2) is 7.67. The Morgan fingerprint density at radius 3 is 2.61 bits per heavy atom. The largest absolute Gasteiger partial charge is 0.401 e. The van der Waals surface area contributed by atoms with Crippen molar-refractivity contribution >= 4 is 28.9 Å². The molecular weight excluding hydrogens is 482 g/mol. The molecule has 4 N–H and O–H groups in total. The summed E-state index contributed by atoms with van der Waals surface area (Å²) < 4.78 is 61.2. The average molecular weight is 501 g/mol. The van der Waals surface area contributed by atoms with Crippen molar-refractivity contribution in [2.24, 2.45) is 0 Å². The molecule has 2 saturated carbocycles. The van der Waals surface area contributed by atoms with Gasteiger partial charge in [-0.3, -0.25) is 5.32 Å². The number of rotatable bonds is 5. The lowest BCUT2D eigenvalue weighted by Crippen LogP contribution is -2.28. The Morgan fingerprint density at radius 2 is 1.94 bits per heavy atom. The summed E-state index contributed by atoms with van der Waals surface area (Å²) >= 11 is 0. The number of benzene rings is 1. The molecule has 0 atom stereocenters. The Labute approximate surface area is 200 Å². The fourth-order valence-corrected chi connectivity index (χ4v) is 4.39. The molecule has 9 nitrogen and oxygen atoms in total. The van der Waals surface area contributed by atoms with Crippen LogP contribution in [0.25, 0.3) is 16.6 Å². The molecule has 2 aliphatic rings. The van der Waals surface area contributed by atoms with Gasteiger partial charge in [0.15, 0.2) is 17.4 Å². The van der Waals surface area contributed by atoms with E-state index in [1.807, 2.05) is 6.07 Å². The van der Waals surface area contributed by atoms with Crippen LogP contribution < -0.4 is 16.4 Å². The molecule has 0 bridgehead atoms. The van der Waals surface area contributed by atoms with Gasteiger partial charge in [0.25, 0.3) is 0 Å². The van der Waals surface area contributed by atoms with Crippen LogP contribution in [0.4, 0.5) is 39.7 Å². The van der Waals surface area contributed by atoms with Crippen molar-refractivity contribution in [3.8, 4) is 11.1 Å². The van der Waals surface area contributed by atoms with Gasteiger partial charge in [-0.05, 0) is 49.4 Å². The molecule has 1 aromatic carbocycles. The number of carbonyl (C=O) groups excluding carboxylic acids is 1. The van der Waals surface area contributed by atoms with E-state index in [0.29, 0.717) is 22.6 Å². The summed E-state index contributed by atoms with van der Waals surface area (Å²) in [7, 11) is 0. The molecule has 0 unspecified atom stereocenters. The van der Waals surface area contributed by atoms with Crippen molar-refractivity contribution in [1.82, 2.24) is 19.8 Å². The predicted octanol–water partition coefficient (Wildman–Crippen LogP) is 5.22. The number of anilines is 3. The SMILES string of the molecule is Nc1ncnn2c(C3CC3)cc(-c3ccc(NC(=O)Nc4cc(C5(C(F)(F)F)CC5)on4)c(F)c3)c12. The number of nitrogen functional groups attached to an aromatic ring is 1. The van der Waals surface area contributed by atoms with E-state index in [1.54, 1.807) is 10.6 Å². The first-order chi connectivity index (χ1) is 17.2. The van der Waals surface area contributed by atoms with Gasteiger partial charge in [0.1, 0.15) is 23.1 Å².